The predicted molar refractivity (Wildman–Crippen MR) is 106 cm³/mol. The number of anilines is 1. The van der Waals surface area contributed by atoms with Crippen molar-refractivity contribution in [1.82, 2.24) is 0 Å². The van der Waals surface area contributed by atoms with Gasteiger partial charge >= 0.3 is 0 Å². The van der Waals surface area contributed by atoms with Crippen LogP contribution in [0.15, 0.2) is 36.4 Å². The molecule has 1 heterocycles. The summed E-state index contributed by atoms with van der Waals surface area (Å²) in [5, 5.41) is 0.544. The van der Waals surface area contributed by atoms with Crippen LogP contribution in [0.25, 0.3) is 0 Å². The molecule has 0 aliphatic carbocycles. The summed E-state index contributed by atoms with van der Waals surface area (Å²) in [6.07, 6.45) is 0. The van der Waals surface area contributed by atoms with Crippen LogP contribution in [-0.2, 0) is 4.79 Å². The minimum Gasteiger partial charge on any atom is -0.493 e. The summed E-state index contributed by atoms with van der Waals surface area (Å²) in [6.45, 7) is 0. The SMILES string of the molecule is COc1cc([C@@H]2SCC(=O)N2c2ccc(Cl)cc2)cc(I)c1OC. The number of methoxy groups -OCH3 is 2. The summed E-state index contributed by atoms with van der Waals surface area (Å²) < 4.78 is 11.8. The van der Waals surface area contributed by atoms with E-state index < -0.39 is 0 Å². The Balaban J connectivity index is 2.03. The molecular weight excluding hydrogens is 461 g/mol. The number of carbonyl (C=O) groups excluding carboxylic acids is 1. The Morgan fingerprint density at radius 3 is 2.54 bits per heavy atom. The lowest BCUT2D eigenvalue weighted by Crippen LogP contribution is -2.27. The van der Waals surface area contributed by atoms with Crippen molar-refractivity contribution in [2.45, 2.75) is 5.37 Å². The van der Waals surface area contributed by atoms with Gasteiger partial charge < -0.3 is 9.47 Å². The molecule has 1 saturated heterocycles. The molecule has 126 valence electrons. The minimum atomic E-state index is -0.105. The molecule has 4 nitrogen and oxygen atoms in total. The van der Waals surface area contributed by atoms with E-state index >= 15 is 0 Å². The Morgan fingerprint density at radius 1 is 1.21 bits per heavy atom. The molecule has 0 saturated carbocycles. The number of ether oxygens (including phenoxy) is 2. The minimum absolute atomic E-state index is 0.0807. The zero-order valence-corrected chi connectivity index (χ0v) is 16.8. The third-order valence-corrected chi connectivity index (χ3v) is 5.98. The first kappa shape index (κ1) is 17.7. The first-order chi connectivity index (χ1) is 11.5. The fourth-order valence-electron chi connectivity index (χ4n) is 2.63. The van der Waals surface area contributed by atoms with E-state index in [1.54, 1.807) is 43.0 Å². The van der Waals surface area contributed by atoms with E-state index in [0.29, 0.717) is 22.3 Å². The predicted octanol–water partition coefficient (Wildman–Crippen LogP) is 4.74. The lowest BCUT2D eigenvalue weighted by molar-refractivity contribution is -0.115. The van der Waals surface area contributed by atoms with Gasteiger partial charge in [0.15, 0.2) is 11.5 Å². The maximum absolute atomic E-state index is 12.4. The van der Waals surface area contributed by atoms with Crippen LogP contribution in [-0.4, -0.2) is 25.9 Å². The number of hydrogen-bond acceptors (Lipinski definition) is 4. The number of amides is 1. The second-order valence-corrected chi connectivity index (χ2v) is 7.81. The van der Waals surface area contributed by atoms with Crippen molar-refractivity contribution in [3.05, 3.63) is 50.6 Å². The molecule has 0 N–H and O–H groups in total. The molecule has 1 aliphatic rings. The van der Waals surface area contributed by atoms with Gasteiger partial charge in [0, 0.05) is 10.7 Å². The maximum Gasteiger partial charge on any atom is 0.238 e. The first-order valence-corrected chi connectivity index (χ1v) is 9.66. The summed E-state index contributed by atoms with van der Waals surface area (Å²) in [5.41, 5.74) is 1.84. The Bertz CT molecular complexity index is 769. The van der Waals surface area contributed by atoms with Gasteiger partial charge in [0.2, 0.25) is 5.91 Å². The van der Waals surface area contributed by atoms with E-state index in [1.165, 1.54) is 0 Å². The van der Waals surface area contributed by atoms with Crippen molar-refractivity contribution in [2.75, 3.05) is 24.9 Å². The fraction of sp³-hybridized carbons (Fsp3) is 0.235. The van der Waals surface area contributed by atoms with Crippen molar-refractivity contribution in [3.63, 3.8) is 0 Å². The van der Waals surface area contributed by atoms with Gasteiger partial charge in [-0.25, -0.2) is 0 Å². The van der Waals surface area contributed by atoms with E-state index in [9.17, 15) is 4.79 Å². The average Bonchev–Trinajstić information content (AvgIpc) is 2.96. The van der Waals surface area contributed by atoms with Crippen molar-refractivity contribution in [2.24, 2.45) is 0 Å². The van der Waals surface area contributed by atoms with Crippen LogP contribution in [0.1, 0.15) is 10.9 Å². The van der Waals surface area contributed by atoms with E-state index in [0.717, 1.165) is 14.8 Å². The molecule has 3 rings (SSSR count). The molecule has 0 aromatic heterocycles. The topological polar surface area (TPSA) is 38.8 Å². The molecule has 7 heteroatoms. The van der Waals surface area contributed by atoms with E-state index in [1.807, 2.05) is 24.3 Å². The van der Waals surface area contributed by atoms with Gasteiger partial charge in [0.25, 0.3) is 0 Å². The van der Waals surface area contributed by atoms with Crippen molar-refractivity contribution in [1.29, 1.82) is 0 Å². The van der Waals surface area contributed by atoms with Crippen LogP contribution < -0.4 is 14.4 Å². The monoisotopic (exact) mass is 475 g/mol. The van der Waals surface area contributed by atoms with Gasteiger partial charge in [0.05, 0.1) is 23.5 Å². The largest absolute Gasteiger partial charge is 0.493 e. The van der Waals surface area contributed by atoms with Gasteiger partial charge in [-0.2, -0.15) is 0 Å². The summed E-state index contributed by atoms with van der Waals surface area (Å²) in [5.74, 6) is 1.89. The van der Waals surface area contributed by atoms with Crippen LogP contribution in [0.5, 0.6) is 11.5 Å². The molecule has 24 heavy (non-hydrogen) atoms. The normalized spacial score (nSPS) is 17.2. The number of carbonyl (C=O) groups is 1. The molecule has 0 unspecified atom stereocenters. The highest BCUT2D eigenvalue weighted by Crippen LogP contribution is 2.45. The quantitative estimate of drug-likeness (QED) is 0.599. The third kappa shape index (κ3) is 3.32. The summed E-state index contributed by atoms with van der Waals surface area (Å²) in [7, 11) is 3.23. The highest BCUT2D eigenvalue weighted by Gasteiger charge is 2.35. The van der Waals surface area contributed by atoms with E-state index in [4.69, 9.17) is 21.1 Å². The Labute approximate surface area is 163 Å². The van der Waals surface area contributed by atoms with E-state index in [-0.39, 0.29) is 11.3 Å². The zero-order chi connectivity index (χ0) is 17.3. The number of halogens is 2. The lowest BCUT2D eigenvalue weighted by Gasteiger charge is -2.25. The van der Waals surface area contributed by atoms with Crippen molar-refractivity contribution < 1.29 is 14.3 Å². The van der Waals surface area contributed by atoms with Crippen LogP contribution in [0.2, 0.25) is 5.02 Å². The first-order valence-electron chi connectivity index (χ1n) is 7.15. The molecule has 2 aromatic carbocycles. The van der Waals surface area contributed by atoms with Crippen LogP contribution in [0, 0.1) is 3.57 Å². The number of hydrogen-bond donors (Lipinski definition) is 0. The van der Waals surface area contributed by atoms with Crippen LogP contribution in [0.3, 0.4) is 0 Å². The Hall–Kier alpha value is -1.12. The second-order valence-electron chi connectivity index (χ2n) is 5.14. The lowest BCUT2D eigenvalue weighted by atomic mass is 10.1. The molecular formula is C17H15ClINO3S. The third-order valence-electron chi connectivity index (χ3n) is 3.71. The average molecular weight is 476 g/mol. The molecule has 1 aliphatic heterocycles. The second kappa shape index (κ2) is 7.41. The number of nitrogens with zero attached hydrogens (tertiary/aromatic N) is 1. The highest BCUT2D eigenvalue weighted by molar-refractivity contribution is 14.1. The van der Waals surface area contributed by atoms with Gasteiger partial charge in [-0.15, -0.1) is 11.8 Å². The van der Waals surface area contributed by atoms with Gasteiger partial charge in [0.1, 0.15) is 5.37 Å². The fourth-order valence-corrected chi connectivity index (χ4v) is 4.76. The zero-order valence-electron chi connectivity index (χ0n) is 13.1. The van der Waals surface area contributed by atoms with Gasteiger partial charge in [-0.05, 0) is 64.6 Å². The summed E-state index contributed by atoms with van der Waals surface area (Å²) in [6, 6.07) is 11.3. The highest BCUT2D eigenvalue weighted by atomic mass is 127. The van der Waals surface area contributed by atoms with E-state index in [2.05, 4.69) is 22.6 Å². The number of rotatable bonds is 4. The molecule has 0 bridgehead atoms. The molecule has 1 amide bonds. The van der Waals surface area contributed by atoms with Crippen molar-refractivity contribution >= 4 is 57.5 Å². The Kier molecular flexibility index (Phi) is 5.46. The molecule has 0 radical (unpaired) electrons. The van der Waals surface area contributed by atoms with Crippen molar-refractivity contribution in [3.8, 4) is 11.5 Å². The smallest absolute Gasteiger partial charge is 0.238 e. The number of thioether (sulfide) groups is 1. The van der Waals surface area contributed by atoms with Crippen LogP contribution in [0.4, 0.5) is 5.69 Å². The molecule has 2 aromatic rings. The standard InChI is InChI=1S/C17H15ClINO3S/c1-22-14-8-10(7-13(19)16(14)23-2)17-20(15(21)9-24-17)12-5-3-11(18)4-6-12/h3-8,17H,9H2,1-2H3/t17-/m0/s1. The maximum atomic E-state index is 12.4. The van der Waals surface area contributed by atoms with Crippen LogP contribution >= 0.6 is 46.0 Å². The number of benzene rings is 2. The molecule has 0 spiro atoms. The Morgan fingerprint density at radius 2 is 1.92 bits per heavy atom. The summed E-state index contributed by atoms with van der Waals surface area (Å²) in [4.78, 5) is 14.2. The summed E-state index contributed by atoms with van der Waals surface area (Å²) >= 11 is 9.78. The van der Waals surface area contributed by atoms with Gasteiger partial charge in [-0.3, -0.25) is 9.69 Å². The van der Waals surface area contributed by atoms with Gasteiger partial charge in [-0.1, -0.05) is 11.6 Å². The molecule has 1 atom stereocenters. The molecule has 1 fully saturated rings.